The lowest BCUT2D eigenvalue weighted by atomic mass is 9.83. The van der Waals surface area contributed by atoms with E-state index in [1.165, 1.54) is 6.07 Å². The molecule has 1 atom stereocenters. The molecule has 0 aliphatic carbocycles. The molecule has 0 spiro atoms. The Kier molecular flexibility index (Phi) is 9.07. The number of hydrogen-bond acceptors (Lipinski definition) is 8. The zero-order chi connectivity index (χ0) is 27.9. The first kappa shape index (κ1) is 28.0. The van der Waals surface area contributed by atoms with Crippen LogP contribution in [0, 0.1) is 11.3 Å². The van der Waals surface area contributed by atoms with Crippen LogP contribution in [-0.4, -0.2) is 25.8 Å². The van der Waals surface area contributed by atoms with E-state index in [1.807, 2.05) is 32.0 Å². The molecule has 0 amide bonds. The highest BCUT2D eigenvalue weighted by atomic mass is 35.5. The average Bonchev–Trinajstić information content (AvgIpc) is 2.91. The fraction of sp³-hybridized carbons (Fsp3) is 0.241. The molecular weight excluding hydrogens is 543 g/mol. The zero-order valence-corrected chi connectivity index (χ0v) is 22.8. The predicted molar refractivity (Wildman–Crippen MR) is 147 cm³/mol. The van der Waals surface area contributed by atoms with Gasteiger partial charge in [-0.1, -0.05) is 42.3 Å². The van der Waals surface area contributed by atoms with Crippen molar-refractivity contribution in [1.29, 1.82) is 5.26 Å². The molecule has 0 fully saturated rings. The smallest absolute Gasteiger partial charge is 0.349 e. The van der Waals surface area contributed by atoms with Crippen molar-refractivity contribution in [2.24, 2.45) is 5.73 Å². The Morgan fingerprint density at radius 2 is 1.79 bits per heavy atom. The van der Waals surface area contributed by atoms with Crippen molar-refractivity contribution in [3.8, 4) is 34.8 Å². The summed E-state index contributed by atoms with van der Waals surface area (Å²) in [6.45, 7) is 4.52. The highest BCUT2D eigenvalue weighted by Crippen LogP contribution is 2.45. The molecule has 10 heteroatoms. The molecule has 0 bridgehead atoms. The highest BCUT2D eigenvalue weighted by Gasteiger charge is 2.32. The third-order valence-electron chi connectivity index (χ3n) is 5.72. The van der Waals surface area contributed by atoms with Gasteiger partial charge in [-0.25, -0.2) is 4.79 Å². The number of ether oxygens (including phenoxy) is 5. The summed E-state index contributed by atoms with van der Waals surface area (Å²) in [4.78, 5) is 12.4. The maximum absolute atomic E-state index is 12.4. The molecule has 4 rings (SSSR count). The second-order valence-corrected chi connectivity index (χ2v) is 9.29. The van der Waals surface area contributed by atoms with E-state index in [4.69, 9.17) is 52.6 Å². The van der Waals surface area contributed by atoms with Crippen molar-refractivity contribution >= 4 is 29.2 Å². The van der Waals surface area contributed by atoms with Crippen LogP contribution in [0.4, 0.5) is 0 Å². The van der Waals surface area contributed by atoms with Gasteiger partial charge in [0.05, 0.1) is 24.2 Å². The number of allylic oxidation sites excluding steroid dienone is 1. The number of nitrogens with zero attached hydrogens (tertiary/aromatic N) is 1. The van der Waals surface area contributed by atoms with E-state index in [9.17, 15) is 10.1 Å². The number of carbonyl (C=O) groups excluding carboxylic acids is 1. The maximum atomic E-state index is 12.4. The lowest BCUT2D eigenvalue weighted by Gasteiger charge is -2.27. The normalized spacial score (nSPS) is 14.1. The molecule has 1 heterocycles. The topological polar surface area (TPSA) is 113 Å². The Bertz CT molecular complexity index is 1450. The fourth-order valence-corrected chi connectivity index (χ4v) is 4.50. The molecule has 39 heavy (non-hydrogen) atoms. The van der Waals surface area contributed by atoms with Gasteiger partial charge < -0.3 is 29.4 Å². The van der Waals surface area contributed by atoms with E-state index >= 15 is 0 Å². The average molecular weight is 569 g/mol. The summed E-state index contributed by atoms with van der Waals surface area (Å²) in [5.74, 6) is 0.838. The van der Waals surface area contributed by atoms with Crippen molar-refractivity contribution in [2.45, 2.75) is 26.2 Å². The van der Waals surface area contributed by atoms with Crippen LogP contribution in [0.15, 0.2) is 66.1 Å². The van der Waals surface area contributed by atoms with E-state index in [2.05, 4.69) is 6.07 Å². The van der Waals surface area contributed by atoms with Gasteiger partial charge in [0.15, 0.2) is 18.1 Å². The van der Waals surface area contributed by atoms with Crippen LogP contribution in [-0.2, 0) is 4.79 Å². The van der Waals surface area contributed by atoms with Gasteiger partial charge in [-0.2, -0.15) is 5.26 Å². The molecular formula is C29H26Cl2N2O6. The number of fused-ring (bicyclic) bond motifs is 1. The van der Waals surface area contributed by atoms with Crippen molar-refractivity contribution < 1.29 is 28.5 Å². The van der Waals surface area contributed by atoms with E-state index in [0.29, 0.717) is 46.8 Å². The van der Waals surface area contributed by atoms with Crippen LogP contribution in [0.5, 0.6) is 28.7 Å². The summed E-state index contributed by atoms with van der Waals surface area (Å²) in [6.07, 6.45) is 0.854. The summed E-state index contributed by atoms with van der Waals surface area (Å²) in [5, 5.41) is 10.6. The highest BCUT2D eigenvalue weighted by molar-refractivity contribution is 6.35. The molecule has 3 aromatic rings. The first-order valence-electron chi connectivity index (χ1n) is 12.2. The minimum Gasteiger partial charge on any atom is -0.490 e. The van der Waals surface area contributed by atoms with E-state index in [1.54, 1.807) is 30.3 Å². The Labute approximate surface area is 236 Å². The third kappa shape index (κ3) is 6.51. The number of nitrogens with two attached hydrogens (primary N) is 1. The van der Waals surface area contributed by atoms with Gasteiger partial charge in [-0.3, -0.25) is 0 Å². The molecule has 1 aliphatic heterocycles. The lowest BCUT2D eigenvalue weighted by molar-refractivity contribution is -0.136. The SMILES string of the molecule is CCCOc1ccc(C2C(C#N)=C(N)Oc3cc(OC(=O)COc4ccc(Cl)cc4Cl)ccc32)cc1OCC. The van der Waals surface area contributed by atoms with Gasteiger partial charge in [0.2, 0.25) is 5.88 Å². The lowest BCUT2D eigenvalue weighted by Crippen LogP contribution is -2.22. The molecule has 0 saturated carbocycles. The molecule has 2 N–H and O–H groups in total. The Hall–Kier alpha value is -4.06. The molecule has 3 aromatic carbocycles. The summed E-state index contributed by atoms with van der Waals surface area (Å²) >= 11 is 12.0. The quantitative estimate of drug-likeness (QED) is 0.221. The minimum absolute atomic E-state index is 0.0385. The first-order chi connectivity index (χ1) is 18.8. The number of carbonyl (C=O) groups is 1. The molecule has 0 radical (unpaired) electrons. The van der Waals surface area contributed by atoms with Crippen molar-refractivity contribution in [2.75, 3.05) is 19.8 Å². The molecule has 1 aliphatic rings. The minimum atomic E-state index is -0.654. The Morgan fingerprint density at radius 1 is 1.00 bits per heavy atom. The summed E-state index contributed by atoms with van der Waals surface area (Å²) in [6, 6.07) is 17.2. The van der Waals surface area contributed by atoms with Gasteiger partial charge in [0, 0.05) is 16.7 Å². The number of rotatable bonds is 10. The molecule has 202 valence electrons. The summed E-state index contributed by atoms with van der Waals surface area (Å²) in [7, 11) is 0. The first-order valence-corrected chi connectivity index (χ1v) is 13.0. The van der Waals surface area contributed by atoms with Crippen molar-refractivity contribution in [3.05, 3.63) is 87.2 Å². The van der Waals surface area contributed by atoms with Crippen LogP contribution < -0.4 is 29.4 Å². The second kappa shape index (κ2) is 12.7. The van der Waals surface area contributed by atoms with Gasteiger partial charge in [-0.15, -0.1) is 0 Å². The number of hydrogen-bond donors (Lipinski definition) is 1. The molecule has 1 unspecified atom stereocenters. The van der Waals surface area contributed by atoms with E-state index < -0.39 is 11.9 Å². The van der Waals surface area contributed by atoms with E-state index in [-0.39, 0.29) is 28.8 Å². The van der Waals surface area contributed by atoms with Crippen LogP contribution >= 0.6 is 23.2 Å². The van der Waals surface area contributed by atoms with Crippen LogP contribution in [0.25, 0.3) is 0 Å². The monoisotopic (exact) mass is 568 g/mol. The van der Waals surface area contributed by atoms with Gasteiger partial charge in [0.1, 0.15) is 28.9 Å². The van der Waals surface area contributed by atoms with Crippen molar-refractivity contribution in [3.63, 3.8) is 0 Å². The Morgan fingerprint density at radius 3 is 2.51 bits per heavy atom. The summed E-state index contributed by atoms with van der Waals surface area (Å²) < 4.78 is 28.2. The third-order valence-corrected chi connectivity index (χ3v) is 6.25. The van der Waals surface area contributed by atoms with Crippen LogP contribution in [0.2, 0.25) is 10.0 Å². The van der Waals surface area contributed by atoms with Gasteiger partial charge in [-0.05, 0) is 55.3 Å². The second-order valence-electron chi connectivity index (χ2n) is 8.45. The van der Waals surface area contributed by atoms with Gasteiger partial charge in [0.25, 0.3) is 0 Å². The fourth-order valence-electron chi connectivity index (χ4n) is 4.04. The number of halogens is 2. The maximum Gasteiger partial charge on any atom is 0.349 e. The standard InChI is InChI=1S/C29H26Cl2N2O6/c1-3-11-36-24-9-5-17(12-26(24)35-4-2)28-20-8-7-19(14-25(20)39-29(33)21(28)15-32)38-27(34)16-37-23-10-6-18(30)13-22(23)31/h5-10,12-14,28H,3-4,11,16,33H2,1-2H3. The number of nitriles is 1. The van der Waals surface area contributed by atoms with Crippen LogP contribution in [0.3, 0.4) is 0 Å². The molecule has 0 saturated heterocycles. The van der Waals surface area contributed by atoms with E-state index in [0.717, 1.165) is 12.0 Å². The number of benzene rings is 3. The predicted octanol–water partition coefficient (Wildman–Crippen LogP) is 6.38. The zero-order valence-electron chi connectivity index (χ0n) is 21.3. The number of esters is 1. The van der Waals surface area contributed by atoms with Crippen LogP contribution in [0.1, 0.15) is 37.3 Å². The largest absolute Gasteiger partial charge is 0.490 e. The summed E-state index contributed by atoms with van der Waals surface area (Å²) in [5.41, 5.74) is 7.84. The molecule has 0 aromatic heterocycles. The van der Waals surface area contributed by atoms with Crippen molar-refractivity contribution in [1.82, 2.24) is 0 Å². The Balaban J connectivity index is 1.58. The molecule has 8 nitrogen and oxygen atoms in total. The van der Waals surface area contributed by atoms with Gasteiger partial charge >= 0.3 is 5.97 Å².